The van der Waals surface area contributed by atoms with Crippen LogP contribution in [0.25, 0.3) is 0 Å². The molecule has 0 aromatic heterocycles. The Bertz CT molecular complexity index is 381. The van der Waals surface area contributed by atoms with E-state index in [4.69, 9.17) is 5.73 Å². The highest BCUT2D eigenvalue weighted by Crippen LogP contribution is 2.26. The Labute approximate surface area is 109 Å². The fourth-order valence-corrected chi connectivity index (χ4v) is 2.90. The first-order valence-corrected chi connectivity index (χ1v) is 6.92. The number of nitrogens with two attached hydrogens (primary N) is 1. The van der Waals surface area contributed by atoms with Crippen LogP contribution in [0.2, 0.25) is 0 Å². The van der Waals surface area contributed by atoms with Gasteiger partial charge in [0.05, 0.1) is 0 Å². The zero-order valence-electron chi connectivity index (χ0n) is 11.0. The number of hydrogen-bond acceptors (Lipinski definition) is 2. The zero-order chi connectivity index (χ0) is 13.0. The number of benzene rings is 1. The Morgan fingerprint density at radius 2 is 2.17 bits per heavy atom. The molecule has 0 saturated heterocycles. The van der Waals surface area contributed by atoms with Crippen molar-refractivity contribution in [1.29, 1.82) is 0 Å². The summed E-state index contributed by atoms with van der Waals surface area (Å²) in [6.07, 6.45) is 4.95. The van der Waals surface area contributed by atoms with E-state index >= 15 is 0 Å². The average Bonchev–Trinajstić information content (AvgIpc) is 2.39. The summed E-state index contributed by atoms with van der Waals surface area (Å²) >= 11 is 0. The molecule has 0 spiro atoms. The third-order valence-corrected chi connectivity index (χ3v) is 4.02. The summed E-state index contributed by atoms with van der Waals surface area (Å²) in [5, 5.41) is 3.62. The Morgan fingerprint density at radius 1 is 1.39 bits per heavy atom. The molecule has 0 bridgehead atoms. The summed E-state index contributed by atoms with van der Waals surface area (Å²) in [5.41, 5.74) is 6.84. The smallest absolute Gasteiger partial charge is 0.123 e. The van der Waals surface area contributed by atoms with Crippen molar-refractivity contribution in [3.63, 3.8) is 0 Å². The molecule has 1 fully saturated rings. The summed E-state index contributed by atoms with van der Waals surface area (Å²) < 4.78 is 13.2. The van der Waals surface area contributed by atoms with Gasteiger partial charge in [-0.2, -0.15) is 0 Å². The number of hydrogen-bond donors (Lipinski definition) is 2. The van der Waals surface area contributed by atoms with Crippen molar-refractivity contribution in [3.05, 3.63) is 35.6 Å². The van der Waals surface area contributed by atoms with Crippen molar-refractivity contribution in [2.45, 2.75) is 44.7 Å². The standard InChI is InChI=1S/C15H23FN2/c1-11(12-6-4-7-14(16)9-12)18-15-8-3-2-5-13(15)10-17/h4,6-7,9,11,13,15,18H,2-3,5,8,10,17H2,1H3. The molecule has 3 atom stereocenters. The van der Waals surface area contributed by atoms with Crippen molar-refractivity contribution in [1.82, 2.24) is 5.32 Å². The van der Waals surface area contributed by atoms with Crippen molar-refractivity contribution in [2.75, 3.05) is 6.54 Å². The molecule has 1 aliphatic rings. The molecule has 0 amide bonds. The van der Waals surface area contributed by atoms with Crippen molar-refractivity contribution >= 4 is 0 Å². The molecule has 1 saturated carbocycles. The van der Waals surface area contributed by atoms with Gasteiger partial charge in [-0.15, -0.1) is 0 Å². The van der Waals surface area contributed by atoms with Crippen LogP contribution < -0.4 is 11.1 Å². The van der Waals surface area contributed by atoms with Gasteiger partial charge < -0.3 is 11.1 Å². The second-order valence-electron chi connectivity index (χ2n) is 5.33. The first kappa shape index (κ1) is 13.5. The maximum absolute atomic E-state index is 13.2. The Balaban J connectivity index is 1.99. The monoisotopic (exact) mass is 250 g/mol. The van der Waals surface area contributed by atoms with Crippen LogP contribution in [-0.2, 0) is 0 Å². The largest absolute Gasteiger partial charge is 0.330 e. The van der Waals surface area contributed by atoms with E-state index in [1.54, 1.807) is 12.1 Å². The van der Waals surface area contributed by atoms with Crippen molar-refractivity contribution < 1.29 is 4.39 Å². The normalized spacial score (nSPS) is 25.9. The minimum absolute atomic E-state index is 0.167. The van der Waals surface area contributed by atoms with Crippen LogP contribution in [0.3, 0.4) is 0 Å². The van der Waals surface area contributed by atoms with Crippen LogP contribution in [0.1, 0.15) is 44.2 Å². The van der Waals surface area contributed by atoms with E-state index in [1.807, 2.05) is 6.07 Å². The molecule has 2 rings (SSSR count). The third kappa shape index (κ3) is 3.30. The Hall–Kier alpha value is -0.930. The molecule has 18 heavy (non-hydrogen) atoms. The van der Waals surface area contributed by atoms with Crippen LogP contribution >= 0.6 is 0 Å². The van der Waals surface area contributed by atoms with Gasteiger partial charge in [0, 0.05) is 12.1 Å². The van der Waals surface area contributed by atoms with Gasteiger partial charge in [-0.3, -0.25) is 0 Å². The molecule has 1 aliphatic carbocycles. The first-order valence-electron chi connectivity index (χ1n) is 6.92. The van der Waals surface area contributed by atoms with Gasteiger partial charge in [0.25, 0.3) is 0 Å². The van der Waals surface area contributed by atoms with E-state index in [9.17, 15) is 4.39 Å². The lowest BCUT2D eigenvalue weighted by Crippen LogP contribution is -2.42. The summed E-state index contributed by atoms with van der Waals surface area (Å²) in [6, 6.07) is 7.49. The van der Waals surface area contributed by atoms with Gasteiger partial charge in [0.1, 0.15) is 5.82 Å². The Morgan fingerprint density at radius 3 is 2.89 bits per heavy atom. The average molecular weight is 250 g/mol. The van der Waals surface area contributed by atoms with Gasteiger partial charge in [-0.1, -0.05) is 25.0 Å². The summed E-state index contributed by atoms with van der Waals surface area (Å²) in [7, 11) is 0. The second kappa shape index (κ2) is 6.30. The fourth-order valence-electron chi connectivity index (χ4n) is 2.90. The van der Waals surface area contributed by atoms with Gasteiger partial charge in [-0.05, 0) is 49.9 Å². The zero-order valence-corrected chi connectivity index (χ0v) is 11.0. The summed E-state index contributed by atoms with van der Waals surface area (Å²) in [5.74, 6) is 0.398. The molecule has 2 nitrogen and oxygen atoms in total. The van der Waals surface area contributed by atoms with E-state index < -0.39 is 0 Å². The van der Waals surface area contributed by atoms with E-state index in [-0.39, 0.29) is 11.9 Å². The van der Waals surface area contributed by atoms with Crippen molar-refractivity contribution in [3.8, 4) is 0 Å². The van der Waals surface area contributed by atoms with Crippen LogP contribution in [0.15, 0.2) is 24.3 Å². The van der Waals surface area contributed by atoms with Gasteiger partial charge in [-0.25, -0.2) is 4.39 Å². The molecule has 0 heterocycles. The highest BCUT2D eigenvalue weighted by atomic mass is 19.1. The van der Waals surface area contributed by atoms with Crippen LogP contribution in [-0.4, -0.2) is 12.6 Å². The Kier molecular flexibility index (Phi) is 4.72. The topological polar surface area (TPSA) is 38.0 Å². The molecule has 0 radical (unpaired) electrons. The summed E-state index contributed by atoms with van der Waals surface area (Å²) in [4.78, 5) is 0. The predicted octanol–water partition coefficient (Wildman–Crippen LogP) is 2.99. The number of nitrogens with one attached hydrogen (secondary N) is 1. The SMILES string of the molecule is CC(NC1CCCCC1CN)c1cccc(F)c1. The number of rotatable bonds is 4. The fraction of sp³-hybridized carbons (Fsp3) is 0.600. The molecule has 3 unspecified atom stereocenters. The molecule has 100 valence electrons. The molecule has 1 aromatic carbocycles. The maximum Gasteiger partial charge on any atom is 0.123 e. The van der Waals surface area contributed by atoms with E-state index in [0.29, 0.717) is 12.0 Å². The lowest BCUT2D eigenvalue weighted by molar-refractivity contribution is 0.252. The van der Waals surface area contributed by atoms with Crippen molar-refractivity contribution in [2.24, 2.45) is 11.7 Å². The number of halogens is 1. The quantitative estimate of drug-likeness (QED) is 0.862. The molecule has 3 N–H and O–H groups in total. The highest BCUT2D eigenvalue weighted by Gasteiger charge is 2.25. The molecule has 3 heteroatoms. The molecule has 1 aromatic rings. The summed E-state index contributed by atoms with van der Waals surface area (Å²) in [6.45, 7) is 2.84. The lowest BCUT2D eigenvalue weighted by Gasteiger charge is -2.33. The maximum atomic E-state index is 13.2. The third-order valence-electron chi connectivity index (χ3n) is 4.02. The second-order valence-corrected chi connectivity index (χ2v) is 5.33. The van der Waals surface area contributed by atoms with Crippen LogP contribution in [0, 0.1) is 11.7 Å². The van der Waals surface area contributed by atoms with E-state index in [1.165, 1.54) is 31.7 Å². The van der Waals surface area contributed by atoms with Gasteiger partial charge in [0.2, 0.25) is 0 Å². The minimum Gasteiger partial charge on any atom is -0.330 e. The van der Waals surface area contributed by atoms with Gasteiger partial charge >= 0.3 is 0 Å². The predicted molar refractivity (Wildman–Crippen MR) is 72.8 cm³/mol. The minimum atomic E-state index is -0.167. The highest BCUT2D eigenvalue weighted by molar-refractivity contribution is 5.19. The lowest BCUT2D eigenvalue weighted by atomic mass is 9.84. The van der Waals surface area contributed by atoms with E-state index in [2.05, 4.69) is 12.2 Å². The van der Waals surface area contributed by atoms with E-state index in [0.717, 1.165) is 12.1 Å². The molecular formula is C15H23FN2. The van der Waals surface area contributed by atoms with Crippen LogP contribution in [0.5, 0.6) is 0 Å². The molecule has 0 aliphatic heterocycles. The first-order chi connectivity index (χ1) is 8.70. The van der Waals surface area contributed by atoms with Crippen LogP contribution in [0.4, 0.5) is 4.39 Å². The van der Waals surface area contributed by atoms with Gasteiger partial charge in [0.15, 0.2) is 0 Å². The molecular weight excluding hydrogens is 227 g/mol.